The number of carbonyl (C=O) groups excluding carboxylic acids is 1. The molecule has 0 aliphatic carbocycles. The Morgan fingerprint density at radius 3 is 2.56 bits per heavy atom. The smallest absolute Gasteiger partial charge is 0.324 e. The molecule has 0 aromatic heterocycles. The van der Waals surface area contributed by atoms with Crippen molar-refractivity contribution >= 4 is 12.2 Å². The van der Waals surface area contributed by atoms with Gasteiger partial charge in [0.25, 0.3) is 0 Å². The summed E-state index contributed by atoms with van der Waals surface area (Å²) < 4.78 is 19.8. The van der Waals surface area contributed by atoms with Crippen LogP contribution in [-0.4, -0.2) is 41.0 Å². The molecular formula is C18H28FN3O3. The minimum Gasteiger partial charge on any atom is -0.459 e. The average Bonchev–Trinajstić information content (AvgIpc) is 2.45. The van der Waals surface area contributed by atoms with Gasteiger partial charge in [0.2, 0.25) is 0 Å². The molecule has 1 rings (SSSR count). The Morgan fingerprint density at radius 2 is 2.08 bits per heavy atom. The lowest BCUT2D eigenvalue weighted by atomic mass is 10.0. The molecule has 1 aromatic rings. The van der Waals surface area contributed by atoms with Gasteiger partial charge in [0.05, 0.1) is 6.21 Å². The average molecular weight is 353 g/mol. The van der Waals surface area contributed by atoms with Gasteiger partial charge in [-0.2, -0.15) is 10.7 Å². The van der Waals surface area contributed by atoms with Crippen LogP contribution in [0.5, 0.6) is 0 Å². The van der Waals surface area contributed by atoms with Crippen LogP contribution in [0, 0.1) is 11.7 Å². The van der Waals surface area contributed by atoms with E-state index in [2.05, 4.69) is 5.10 Å². The first kappa shape index (κ1) is 21.1. The van der Waals surface area contributed by atoms with Gasteiger partial charge in [-0.25, -0.2) is 4.39 Å². The van der Waals surface area contributed by atoms with Crippen LogP contribution in [0.2, 0.25) is 0 Å². The van der Waals surface area contributed by atoms with Crippen molar-refractivity contribution in [3.8, 4) is 0 Å². The highest BCUT2D eigenvalue weighted by molar-refractivity contribution is 5.79. The van der Waals surface area contributed by atoms with E-state index >= 15 is 0 Å². The minimum absolute atomic E-state index is 0.0185. The zero-order valence-corrected chi connectivity index (χ0v) is 15.7. The third-order valence-corrected chi connectivity index (χ3v) is 3.52. The summed E-state index contributed by atoms with van der Waals surface area (Å²) in [5.41, 5.74) is 2.03. The van der Waals surface area contributed by atoms with Gasteiger partial charge in [-0.3, -0.25) is 14.9 Å². The molecule has 7 heteroatoms. The number of carbonyl (C=O) groups is 1. The number of hydrogen-bond acceptors (Lipinski definition) is 6. The van der Waals surface area contributed by atoms with Crippen molar-refractivity contribution in [1.29, 1.82) is 0 Å². The fraction of sp³-hybridized carbons (Fsp3) is 0.556. The van der Waals surface area contributed by atoms with Crippen LogP contribution in [-0.2, 0) is 16.1 Å². The number of esters is 1. The fourth-order valence-corrected chi connectivity index (χ4v) is 2.57. The first-order valence-electron chi connectivity index (χ1n) is 8.19. The van der Waals surface area contributed by atoms with Gasteiger partial charge in [0.1, 0.15) is 17.5 Å². The Hall–Kier alpha value is -1.99. The zero-order chi connectivity index (χ0) is 19.2. The molecule has 0 spiro atoms. The third-order valence-electron chi connectivity index (χ3n) is 3.52. The number of ether oxygens (including phenoxy) is 1. The highest BCUT2D eigenvalue weighted by Gasteiger charge is 2.31. The van der Waals surface area contributed by atoms with Crippen molar-refractivity contribution in [2.45, 2.75) is 52.8 Å². The lowest BCUT2D eigenvalue weighted by Crippen LogP contribution is -2.45. The molecule has 0 saturated carbocycles. The molecule has 0 heterocycles. The standard InChI is InChI=1S/C18H28FN3O3/c1-12(2)16(17(23)25-18(3,4)5)22(6)11-14-8-7-13(9-15(14)19)10-20-21-24/h7-10,12,16,21,24H,11H2,1-6H3/b20-10-/t16-/m0/s1. The molecule has 0 saturated heterocycles. The largest absolute Gasteiger partial charge is 0.459 e. The van der Waals surface area contributed by atoms with E-state index in [1.807, 2.05) is 34.6 Å². The van der Waals surface area contributed by atoms with Crippen LogP contribution >= 0.6 is 0 Å². The number of hydrazone groups is 1. The molecule has 0 aliphatic heterocycles. The van der Waals surface area contributed by atoms with E-state index in [9.17, 15) is 9.18 Å². The van der Waals surface area contributed by atoms with Crippen LogP contribution in [0.15, 0.2) is 23.3 Å². The fourth-order valence-electron chi connectivity index (χ4n) is 2.57. The second-order valence-electron chi connectivity index (χ2n) is 7.35. The number of likely N-dealkylation sites (N-methyl/N-ethyl adjacent to an activating group) is 1. The van der Waals surface area contributed by atoms with E-state index in [1.54, 1.807) is 29.7 Å². The van der Waals surface area contributed by atoms with E-state index in [0.717, 1.165) is 0 Å². The number of benzene rings is 1. The van der Waals surface area contributed by atoms with Gasteiger partial charge in [-0.1, -0.05) is 26.0 Å². The Bertz CT molecular complexity index is 612. The summed E-state index contributed by atoms with van der Waals surface area (Å²) in [6, 6.07) is 4.17. The van der Waals surface area contributed by atoms with Crippen molar-refractivity contribution in [3.05, 3.63) is 35.1 Å². The van der Waals surface area contributed by atoms with Crippen LogP contribution in [0.1, 0.15) is 45.7 Å². The van der Waals surface area contributed by atoms with Crippen molar-refractivity contribution in [1.82, 2.24) is 10.5 Å². The lowest BCUT2D eigenvalue weighted by Gasteiger charge is -2.32. The maximum Gasteiger partial charge on any atom is 0.324 e. The number of hydrogen-bond donors (Lipinski definition) is 2. The van der Waals surface area contributed by atoms with Gasteiger partial charge in [-0.15, -0.1) is 0 Å². The summed E-state index contributed by atoms with van der Waals surface area (Å²) in [5, 5.41) is 11.8. The molecule has 0 radical (unpaired) electrons. The van der Waals surface area contributed by atoms with E-state index in [1.165, 1.54) is 12.3 Å². The van der Waals surface area contributed by atoms with Gasteiger partial charge >= 0.3 is 5.97 Å². The third kappa shape index (κ3) is 6.80. The molecule has 0 unspecified atom stereocenters. The maximum atomic E-state index is 14.3. The molecule has 2 N–H and O–H groups in total. The molecule has 0 amide bonds. The summed E-state index contributed by atoms with van der Waals surface area (Å²) in [5.74, 6) is -0.700. The number of nitrogens with zero attached hydrogens (tertiary/aromatic N) is 2. The first-order chi connectivity index (χ1) is 11.5. The molecule has 0 fully saturated rings. The molecule has 0 aliphatic rings. The normalized spacial score (nSPS) is 13.5. The first-order valence-corrected chi connectivity index (χ1v) is 8.19. The zero-order valence-electron chi connectivity index (χ0n) is 15.7. The quantitative estimate of drug-likeness (QED) is 0.448. The predicted molar refractivity (Wildman–Crippen MR) is 94.9 cm³/mol. The van der Waals surface area contributed by atoms with Crippen molar-refractivity contribution < 1.29 is 19.1 Å². The van der Waals surface area contributed by atoms with Gasteiger partial charge < -0.3 is 4.74 Å². The van der Waals surface area contributed by atoms with Crippen LogP contribution < -0.4 is 5.59 Å². The SMILES string of the molecule is CC(C)[C@@H](C(=O)OC(C)(C)C)N(C)Cc1ccc(/C=N\NO)cc1F. The van der Waals surface area contributed by atoms with Crippen molar-refractivity contribution in [2.75, 3.05) is 7.05 Å². The maximum absolute atomic E-state index is 14.3. The summed E-state index contributed by atoms with van der Waals surface area (Å²) in [6.07, 6.45) is 1.30. The molecule has 6 nitrogen and oxygen atoms in total. The summed E-state index contributed by atoms with van der Waals surface area (Å²) in [4.78, 5) is 14.3. The van der Waals surface area contributed by atoms with Crippen molar-refractivity contribution in [3.63, 3.8) is 0 Å². The minimum atomic E-state index is -0.571. The highest BCUT2D eigenvalue weighted by Crippen LogP contribution is 2.19. The lowest BCUT2D eigenvalue weighted by molar-refractivity contribution is -0.163. The molecule has 140 valence electrons. The number of nitrogens with one attached hydrogen (secondary N) is 1. The summed E-state index contributed by atoms with van der Waals surface area (Å²) >= 11 is 0. The van der Waals surface area contributed by atoms with Gasteiger partial charge in [0.15, 0.2) is 0 Å². The predicted octanol–water partition coefficient (Wildman–Crippen LogP) is 2.94. The van der Waals surface area contributed by atoms with Gasteiger partial charge in [0, 0.05) is 12.1 Å². The molecular weight excluding hydrogens is 325 g/mol. The number of rotatable bonds is 7. The highest BCUT2D eigenvalue weighted by atomic mass is 19.1. The molecule has 1 atom stereocenters. The summed E-state index contributed by atoms with van der Waals surface area (Å²) in [6.45, 7) is 9.60. The van der Waals surface area contributed by atoms with Crippen LogP contribution in [0.25, 0.3) is 0 Å². The summed E-state index contributed by atoms with van der Waals surface area (Å²) in [7, 11) is 1.78. The van der Waals surface area contributed by atoms with Crippen molar-refractivity contribution in [2.24, 2.45) is 11.0 Å². The van der Waals surface area contributed by atoms with Gasteiger partial charge in [-0.05, 0) is 45.4 Å². The Labute approximate surface area is 148 Å². The molecule has 25 heavy (non-hydrogen) atoms. The molecule has 1 aromatic carbocycles. The van der Waals surface area contributed by atoms with Crippen LogP contribution in [0.3, 0.4) is 0 Å². The van der Waals surface area contributed by atoms with Crippen LogP contribution in [0.4, 0.5) is 4.39 Å². The van der Waals surface area contributed by atoms with E-state index < -0.39 is 17.5 Å². The molecule has 0 bridgehead atoms. The topological polar surface area (TPSA) is 74.2 Å². The van der Waals surface area contributed by atoms with E-state index in [4.69, 9.17) is 9.94 Å². The Balaban J connectivity index is 2.92. The second-order valence-corrected chi connectivity index (χ2v) is 7.35. The Morgan fingerprint density at radius 1 is 1.44 bits per heavy atom. The number of halogens is 1. The monoisotopic (exact) mass is 353 g/mol. The second kappa shape index (κ2) is 8.92. The van der Waals surface area contributed by atoms with E-state index in [0.29, 0.717) is 11.1 Å². The van der Waals surface area contributed by atoms with E-state index in [-0.39, 0.29) is 18.4 Å². The Kier molecular flexibility index (Phi) is 7.51.